The molecule has 0 spiro atoms. The van der Waals surface area contributed by atoms with Gasteiger partial charge in [0.05, 0.1) is 27.4 Å². The number of hydrogen-bond donors (Lipinski definition) is 1. The number of nitrogens with one attached hydrogen (secondary N) is 1. The molecule has 0 radical (unpaired) electrons. The summed E-state index contributed by atoms with van der Waals surface area (Å²) in [7, 11) is -2.55. The molecule has 0 aliphatic heterocycles. The molecule has 3 aromatic heterocycles. The number of halogens is 4. The van der Waals surface area contributed by atoms with Crippen molar-refractivity contribution < 1.29 is 13.3 Å². The number of rotatable bonds is 5. The van der Waals surface area contributed by atoms with Gasteiger partial charge in [-0.05, 0) is 63.1 Å². The van der Waals surface area contributed by atoms with E-state index in [4.69, 9.17) is 23.2 Å². The Kier molecular flexibility index (Phi) is 6.65. The summed E-state index contributed by atoms with van der Waals surface area (Å²) >= 11 is 12.6. The van der Waals surface area contributed by atoms with Crippen molar-refractivity contribution in [2.45, 2.75) is 19.9 Å². The second-order valence-electron chi connectivity index (χ2n) is 8.40. The smallest absolute Gasteiger partial charge is 0.151 e. The van der Waals surface area contributed by atoms with Crippen molar-refractivity contribution in [1.82, 2.24) is 15.0 Å². The molecule has 34 heavy (non-hydrogen) atoms. The third-order valence-corrected chi connectivity index (χ3v) is 7.39. The van der Waals surface area contributed by atoms with E-state index in [-0.39, 0.29) is 10.7 Å². The molecule has 1 unspecified atom stereocenters. The van der Waals surface area contributed by atoms with Crippen LogP contribution in [-0.2, 0) is 4.57 Å². The maximum atomic E-state index is 15.0. The zero-order valence-electron chi connectivity index (χ0n) is 18.8. The van der Waals surface area contributed by atoms with Crippen molar-refractivity contribution in [2.24, 2.45) is 0 Å². The van der Waals surface area contributed by atoms with Gasteiger partial charge in [0.1, 0.15) is 24.2 Å². The normalized spacial score (nSPS) is 12.7. The Balaban J connectivity index is 1.83. The summed E-state index contributed by atoms with van der Waals surface area (Å²) in [6, 6.07) is 8.38. The minimum absolute atomic E-state index is 0.0554. The van der Waals surface area contributed by atoms with E-state index in [1.165, 1.54) is 24.4 Å². The van der Waals surface area contributed by atoms with E-state index in [1.54, 1.807) is 38.5 Å². The van der Waals surface area contributed by atoms with Gasteiger partial charge in [-0.15, -0.1) is 0 Å². The third kappa shape index (κ3) is 4.92. The van der Waals surface area contributed by atoms with Crippen LogP contribution >= 0.6 is 30.3 Å². The van der Waals surface area contributed by atoms with Crippen LogP contribution in [0.5, 0.6) is 0 Å². The molecule has 1 N–H and O–H groups in total. The van der Waals surface area contributed by atoms with E-state index < -0.39 is 24.8 Å². The van der Waals surface area contributed by atoms with Gasteiger partial charge < -0.3 is 9.88 Å². The summed E-state index contributed by atoms with van der Waals surface area (Å²) in [5.74, 6) is -1.04. The first kappa shape index (κ1) is 24.5. The molecule has 0 aliphatic rings. The second-order valence-corrected chi connectivity index (χ2v) is 12.4. The van der Waals surface area contributed by atoms with E-state index in [0.29, 0.717) is 44.0 Å². The summed E-state index contributed by atoms with van der Waals surface area (Å²) in [6.45, 7) is 6.76. The molecular formula is C24H21Cl2F2N4OP. The molecule has 0 amide bonds. The summed E-state index contributed by atoms with van der Waals surface area (Å²) in [6.07, 6.45) is 1.44. The van der Waals surface area contributed by atoms with Crippen molar-refractivity contribution in [3.63, 3.8) is 0 Å². The lowest BCUT2D eigenvalue weighted by molar-refractivity contribution is 0.588. The Bertz CT molecular complexity index is 1440. The van der Waals surface area contributed by atoms with E-state index >= 15 is 4.39 Å². The van der Waals surface area contributed by atoms with E-state index in [1.807, 2.05) is 6.92 Å². The fraction of sp³-hybridized carbons (Fsp3) is 0.208. The topological polar surface area (TPSA) is 67.8 Å². The Morgan fingerprint density at radius 3 is 2.41 bits per heavy atom. The van der Waals surface area contributed by atoms with Crippen molar-refractivity contribution in [3.05, 3.63) is 75.5 Å². The van der Waals surface area contributed by atoms with Gasteiger partial charge in [0.25, 0.3) is 0 Å². The van der Waals surface area contributed by atoms with Crippen LogP contribution in [0, 0.1) is 18.6 Å². The van der Waals surface area contributed by atoms with Crippen LogP contribution < -0.4 is 10.8 Å². The maximum absolute atomic E-state index is 15.0. The molecule has 10 heteroatoms. The van der Waals surface area contributed by atoms with Gasteiger partial charge in [-0.3, -0.25) is 4.98 Å². The van der Waals surface area contributed by atoms with Crippen LogP contribution in [-0.4, -0.2) is 28.3 Å². The summed E-state index contributed by atoms with van der Waals surface area (Å²) in [5.41, 5.74) is 3.12. The summed E-state index contributed by atoms with van der Waals surface area (Å²) in [4.78, 5) is 13.1. The SMILES string of the molecule is Cc1nc2cc(F)c(-c3ccc(P(C)(C)=O)nc3)nc2c(NC(C)c2cc(F)cc(Cl)c2)c1Cl. The number of hydrogen-bond acceptors (Lipinski definition) is 5. The van der Waals surface area contributed by atoms with Crippen LogP contribution in [0.4, 0.5) is 14.5 Å². The van der Waals surface area contributed by atoms with Crippen molar-refractivity contribution in [2.75, 3.05) is 18.6 Å². The lowest BCUT2D eigenvalue weighted by Gasteiger charge is -2.20. The number of aromatic nitrogens is 3. The predicted octanol–water partition coefficient (Wildman–Crippen LogP) is 7.01. The van der Waals surface area contributed by atoms with Gasteiger partial charge >= 0.3 is 0 Å². The van der Waals surface area contributed by atoms with Gasteiger partial charge in [-0.25, -0.2) is 18.7 Å². The van der Waals surface area contributed by atoms with Crippen molar-refractivity contribution >= 4 is 52.5 Å². The van der Waals surface area contributed by atoms with E-state index in [9.17, 15) is 8.96 Å². The number of aryl methyl sites for hydroxylation is 1. The summed E-state index contributed by atoms with van der Waals surface area (Å²) < 4.78 is 41.2. The standard InChI is InChI=1S/C24H21Cl2F2N4OP/c1-12(15-7-16(25)9-17(27)8-15)31-24-21(26)13(2)30-19-10-18(28)22(32-23(19)24)14-5-6-20(29-11-14)34(3,4)33/h5-12H,1-4H3,(H,30,31). The quantitative estimate of drug-likeness (QED) is 0.287. The fourth-order valence-electron chi connectivity index (χ4n) is 3.57. The van der Waals surface area contributed by atoms with Crippen LogP contribution in [0.3, 0.4) is 0 Å². The number of pyridine rings is 3. The molecular weight excluding hydrogens is 500 g/mol. The number of benzene rings is 1. The highest BCUT2D eigenvalue weighted by atomic mass is 35.5. The molecule has 1 aromatic carbocycles. The van der Waals surface area contributed by atoms with Gasteiger partial charge in [-0.1, -0.05) is 23.2 Å². The van der Waals surface area contributed by atoms with Crippen LogP contribution in [0.25, 0.3) is 22.3 Å². The maximum Gasteiger partial charge on any atom is 0.151 e. The Labute approximate surface area is 205 Å². The zero-order chi connectivity index (χ0) is 24.8. The monoisotopic (exact) mass is 520 g/mol. The summed E-state index contributed by atoms with van der Waals surface area (Å²) in [5, 5.41) is 3.85. The molecule has 0 bridgehead atoms. The second kappa shape index (κ2) is 9.21. The molecule has 176 valence electrons. The minimum Gasteiger partial charge on any atom is -0.375 e. The molecule has 3 heterocycles. The molecule has 4 rings (SSSR count). The van der Waals surface area contributed by atoms with Gasteiger partial charge in [0.15, 0.2) is 5.82 Å². The average Bonchev–Trinajstić information content (AvgIpc) is 2.75. The highest BCUT2D eigenvalue weighted by Crippen LogP contribution is 2.37. The van der Waals surface area contributed by atoms with Crippen LogP contribution in [0.2, 0.25) is 10.0 Å². The highest BCUT2D eigenvalue weighted by molar-refractivity contribution is 7.69. The first-order chi connectivity index (χ1) is 15.9. The average molecular weight is 521 g/mol. The van der Waals surface area contributed by atoms with Gasteiger partial charge in [0.2, 0.25) is 0 Å². The molecule has 0 fully saturated rings. The van der Waals surface area contributed by atoms with E-state index in [2.05, 4.69) is 20.3 Å². The molecule has 0 saturated heterocycles. The Morgan fingerprint density at radius 1 is 1.06 bits per heavy atom. The van der Waals surface area contributed by atoms with E-state index in [0.717, 1.165) is 0 Å². The number of fused-ring (bicyclic) bond motifs is 1. The molecule has 0 saturated carbocycles. The first-order valence-electron chi connectivity index (χ1n) is 10.3. The number of nitrogens with zero attached hydrogens (tertiary/aromatic N) is 3. The zero-order valence-corrected chi connectivity index (χ0v) is 21.2. The Morgan fingerprint density at radius 2 is 1.79 bits per heavy atom. The van der Waals surface area contributed by atoms with Gasteiger partial charge in [0, 0.05) is 28.9 Å². The number of anilines is 1. The van der Waals surface area contributed by atoms with Crippen molar-refractivity contribution in [3.8, 4) is 11.3 Å². The molecule has 0 aliphatic carbocycles. The third-order valence-electron chi connectivity index (χ3n) is 5.34. The minimum atomic E-state index is -2.55. The molecule has 5 nitrogen and oxygen atoms in total. The Hall–Kier alpha value is -2.60. The fourth-order valence-corrected chi connectivity index (χ4v) is 4.75. The lowest BCUT2D eigenvalue weighted by Crippen LogP contribution is -2.10. The van der Waals surface area contributed by atoms with Crippen molar-refractivity contribution in [1.29, 1.82) is 0 Å². The first-order valence-corrected chi connectivity index (χ1v) is 13.7. The predicted molar refractivity (Wildman–Crippen MR) is 135 cm³/mol. The van der Waals surface area contributed by atoms with Gasteiger partial charge in [-0.2, -0.15) is 0 Å². The lowest BCUT2D eigenvalue weighted by atomic mass is 10.1. The highest BCUT2D eigenvalue weighted by Gasteiger charge is 2.20. The van der Waals surface area contributed by atoms with Crippen LogP contribution in [0.1, 0.15) is 24.2 Å². The van der Waals surface area contributed by atoms with Crippen LogP contribution in [0.15, 0.2) is 42.6 Å². The largest absolute Gasteiger partial charge is 0.375 e. The molecule has 1 atom stereocenters. The molecule has 4 aromatic rings.